The van der Waals surface area contributed by atoms with Gasteiger partial charge in [0.15, 0.2) is 20.5 Å². The van der Waals surface area contributed by atoms with Crippen LogP contribution in [0.2, 0.25) is 10.3 Å². The average molecular weight is 1000 g/mol. The topological polar surface area (TPSA) is 196 Å². The molecule has 66 heavy (non-hydrogen) atoms. The summed E-state index contributed by atoms with van der Waals surface area (Å²) < 4.78 is 4.30. The molecule has 0 unspecified atom stereocenters. The number of nitrogens with one attached hydrogen (secondary N) is 2. The van der Waals surface area contributed by atoms with Crippen molar-refractivity contribution in [1.29, 1.82) is 0 Å². The number of nitrogens with two attached hydrogens (primary N) is 2. The summed E-state index contributed by atoms with van der Waals surface area (Å²) in [5.41, 5.74) is 19.3. The third-order valence-electron chi connectivity index (χ3n) is 9.62. The fraction of sp³-hybridized carbons (Fsp3) is 0.273. The summed E-state index contributed by atoms with van der Waals surface area (Å²) in [6, 6.07) is 23.5. The van der Waals surface area contributed by atoms with Gasteiger partial charge in [-0.05, 0) is 129 Å². The summed E-state index contributed by atoms with van der Waals surface area (Å²) in [5, 5.41) is 10.6. The first-order chi connectivity index (χ1) is 31.6. The highest BCUT2D eigenvalue weighted by Gasteiger charge is 2.13. The maximum Gasteiger partial charge on any atom is 0.196 e. The fourth-order valence-electron chi connectivity index (χ4n) is 6.38. The van der Waals surface area contributed by atoms with Gasteiger partial charge in [-0.3, -0.25) is 9.13 Å². The lowest BCUT2D eigenvalue weighted by Crippen LogP contribution is -2.21. The number of hydrogen-bond donors (Lipinski definition) is 4. The summed E-state index contributed by atoms with van der Waals surface area (Å²) in [6.07, 6.45) is 0. The Balaban J connectivity index is 0.000000134. The maximum absolute atomic E-state index is 5.88. The predicted molar refractivity (Wildman–Crippen MR) is 280 cm³/mol. The first-order valence-corrected chi connectivity index (χ1v) is 24.6. The van der Waals surface area contributed by atoms with Crippen molar-refractivity contribution in [2.45, 2.75) is 27.7 Å². The van der Waals surface area contributed by atoms with E-state index in [4.69, 9.17) is 39.7 Å². The van der Waals surface area contributed by atoms with Crippen molar-refractivity contribution in [3.8, 4) is 10.3 Å². The Morgan fingerprint density at radius 3 is 1.18 bits per heavy atom. The largest absolute Gasteiger partial charge is 0.375 e. The van der Waals surface area contributed by atoms with E-state index in [1.54, 1.807) is 40.9 Å². The molecule has 0 aromatic carbocycles. The number of nitrogens with zero attached hydrogens (tertiary/aromatic N) is 12. The number of aromatic nitrogens is 10. The molecule has 6 N–H and O–H groups in total. The van der Waals surface area contributed by atoms with Gasteiger partial charge >= 0.3 is 0 Å². The number of halogens is 2. The number of nitrogen functional groups attached to an aromatic ring is 2. The van der Waals surface area contributed by atoms with Crippen molar-refractivity contribution >= 4 is 132 Å². The third-order valence-corrected chi connectivity index (χ3v) is 13.5. The number of aryl methyl sites for hydroxylation is 4. The molecule has 0 fully saturated rings. The zero-order valence-electron chi connectivity index (χ0n) is 37.7. The summed E-state index contributed by atoms with van der Waals surface area (Å²) in [4.78, 5) is 42.7. The number of likely N-dealkylation sites (N-methyl/N-ethyl adjacent to an activating group) is 2. The molecule has 22 heteroatoms. The minimum absolute atomic E-state index is 0.473. The Morgan fingerprint density at radius 1 is 0.455 bits per heavy atom. The van der Waals surface area contributed by atoms with E-state index in [1.807, 2.05) is 44.4 Å². The molecule has 0 aliphatic rings. The summed E-state index contributed by atoms with van der Waals surface area (Å²) in [7, 11) is 8.22. The molecule has 0 atom stereocenters. The Kier molecular flexibility index (Phi) is 16.0. The van der Waals surface area contributed by atoms with E-state index in [1.165, 1.54) is 45.4 Å². The summed E-state index contributed by atoms with van der Waals surface area (Å²) >= 11 is 17.5. The molecular weight excluding hydrogens is 952 g/mol. The van der Waals surface area contributed by atoms with Crippen molar-refractivity contribution in [3.63, 3.8) is 0 Å². The van der Waals surface area contributed by atoms with Gasteiger partial charge in [0.1, 0.15) is 63.3 Å². The van der Waals surface area contributed by atoms with Crippen LogP contribution in [0.3, 0.4) is 0 Å². The molecule has 0 amide bonds. The summed E-state index contributed by atoms with van der Waals surface area (Å²) in [6.45, 7) is 12.0. The van der Waals surface area contributed by atoms with Gasteiger partial charge in [-0.15, -0.1) is 0 Å². The molecule has 10 heterocycles. The second kappa shape index (κ2) is 21.8. The van der Waals surface area contributed by atoms with Gasteiger partial charge in [0.2, 0.25) is 0 Å². The van der Waals surface area contributed by atoms with Crippen LogP contribution >= 0.6 is 68.5 Å². The number of rotatable bonds is 10. The van der Waals surface area contributed by atoms with E-state index in [9.17, 15) is 0 Å². The Labute approximate surface area is 408 Å². The maximum atomic E-state index is 5.88. The van der Waals surface area contributed by atoms with Gasteiger partial charge in [0.25, 0.3) is 0 Å². The van der Waals surface area contributed by atoms with Gasteiger partial charge in [0.05, 0.1) is 0 Å². The Bertz CT molecular complexity index is 3160. The Morgan fingerprint density at radius 2 is 0.788 bits per heavy atom. The van der Waals surface area contributed by atoms with Crippen molar-refractivity contribution in [2.24, 2.45) is 0 Å². The molecule has 0 aliphatic carbocycles. The lowest BCUT2D eigenvalue weighted by molar-refractivity contribution is 0.425. The molecule has 10 aromatic heterocycles. The molecule has 0 aliphatic heterocycles. The van der Waals surface area contributed by atoms with Gasteiger partial charge in [-0.2, -0.15) is 0 Å². The number of fused-ring (bicyclic) bond motifs is 4. The zero-order valence-corrected chi connectivity index (χ0v) is 42.4. The molecule has 0 spiro atoms. The van der Waals surface area contributed by atoms with Crippen molar-refractivity contribution in [1.82, 2.24) is 58.8 Å². The highest BCUT2D eigenvalue weighted by Crippen LogP contribution is 2.29. The number of pyridine rings is 4. The van der Waals surface area contributed by atoms with Gasteiger partial charge in [-0.25, -0.2) is 39.9 Å². The first-order valence-electron chi connectivity index (χ1n) is 20.6. The molecule has 0 saturated carbocycles. The lowest BCUT2D eigenvalue weighted by atomic mass is 10.4. The van der Waals surface area contributed by atoms with Gasteiger partial charge in [0, 0.05) is 49.0 Å². The smallest absolute Gasteiger partial charge is 0.196 e. The van der Waals surface area contributed by atoms with Crippen LogP contribution in [0.15, 0.2) is 72.8 Å². The molecule has 0 saturated heterocycles. The molecule has 10 rings (SSSR count). The van der Waals surface area contributed by atoms with Gasteiger partial charge < -0.3 is 31.9 Å². The van der Waals surface area contributed by atoms with Crippen LogP contribution < -0.4 is 22.1 Å². The second-order valence-corrected chi connectivity index (χ2v) is 20.1. The van der Waals surface area contributed by atoms with Crippen LogP contribution in [-0.2, 0) is 0 Å². The van der Waals surface area contributed by atoms with E-state index >= 15 is 0 Å². The second-order valence-electron chi connectivity index (χ2n) is 15.4. The minimum atomic E-state index is 0.473. The standard InChI is InChI=1S/C16H21N5S.C12H10ClN3S.C10H15N5S.C6H4ClN3S/c1-11-5-6-12(2)21(11)16-18-13-7-8-14(19-15(13)22-16)17-9-10-20(3)4;1-7-3-4-8(2)16(7)12-14-9-5-6-10(13)15-11(9)17-12;1-15(2)6-5-12-8-4-3-7-9(14-8)16-10(11)13-7;7-4-2-1-3-5(10-4)11-6(8)9-3/h5-8H,9-10H2,1-4H3,(H,17,19);3-6H,1-2H3;3-4H,5-6H2,1-2H3,(H2,11,13)(H,12,14);1-2H,(H2,8,9). The Hall–Kier alpha value is -5.58. The van der Waals surface area contributed by atoms with E-state index in [0.717, 1.165) is 89.5 Å². The van der Waals surface area contributed by atoms with Crippen molar-refractivity contribution in [2.75, 3.05) is 76.5 Å². The van der Waals surface area contributed by atoms with E-state index in [2.05, 4.69) is 131 Å². The minimum Gasteiger partial charge on any atom is -0.375 e. The third kappa shape index (κ3) is 12.4. The highest BCUT2D eigenvalue weighted by molar-refractivity contribution is 7.22. The highest BCUT2D eigenvalue weighted by atomic mass is 35.5. The van der Waals surface area contributed by atoms with E-state index in [0.29, 0.717) is 20.6 Å². The molecule has 10 aromatic rings. The summed E-state index contributed by atoms with van der Waals surface area (Å²) in [5.74, 6) is 1.78. The fourth-order valence-corrected chi connectivity index (χ4v) is 10.3. The molecule has 16 nitrogen and oxygen atoms in total. The molecule has 0 radical (unpaired) electrons. The number of hydrogen-bond acceptors (Lipinski definition) is 18. The van der Waals surface area contributed by atoms with Crippen LogP contribution in [0.1, 0.15) is 22.8 Å². The van der Waals surface area contributed by atoms with Crippen molar-refractivity contribution < 1.29 is 0 Å². The van der Waals surface area contributed by atoms with Crippen LogP contribution in [0.4, 0.5) is 21.9 Å². The van der Waals surface area contributed by atoms with Crippen molar-refractivity contribution in [3.05, 3.63) is 106 Å². The van der Waals surface area contributed by atoms with E-state index < -0.39 is 0 Å². The molecule has 344 valence electrons. The van der Waals surface area contributed by atoms with Crippen LogP contribution in [0.25, 0.3) is 51.7 Å². The predicted octanol–water partition coefficient (Wildman–Crippen LogP) is 10.00. The average Bonchev–Trinajstić information content (AvgIpc) is 4.12. The monoisotopic (exact) mass is 1000 g/mol. The van der Waals surface area contributed by atoms with Gasteiger partial charge in [-0.1, -0.05) is 68.5 Å². The zero-order chi connectivity index (χ0) is 47.1. The molecule has 0 bridgehead atoms. The van der Waals surface area contributed by atoms with Crippen LogP contribution in [-0.4, -0.2) is 113 Å². The lowest BCUT2D eigenvalue weighted by Gasteiger charge is -2.10. The number of thiazole rings is 4. The van der Waals surface area contributed by atoms with E-state index in [-0.39, 0.29) is 0 Å². The van der Waals surface area contributed by atoms with Crippen LogP contribution in [0, 0.1) is 27.7 Å². The normalized spacial score (nSPS) is 11.2. The first kappa shape index (κ1) is 48.4. The number of anilines is 4. The molecular formula is C44H50Cl2N16S4. The quantitative estimate of drug-likeness (QED) is 0.0945. The van der Waals surface area contributed by atoms with Crippen LogP contribution in [0.5, 0.6) is 0 Å². The SMILES string of the molecule is CN(C)CCNc1ccc2nc(N)sc2n1.Cc1ccc(C)n1-c1nc2ccc(Cl)nc2s1.Cc1ccc(C)n1-c1nc2ccc(NCCN(C)C)nc2s1.Nc1nc2ccc(Cl)nc2s1.